The second-order valence-electron chi connectivity index (χ2n) is 9.51. The summed E-state index contributed by atoms with van der Waals surface area (Å²) in [6.07, 6.45) is 2.85. The van der Waals surface area contributed by atoms with Crippen LogP contribution in [0.4, 0.5) is 23.5 Å². The summed E-state index contributed by atoms with van der Waals surface area (Å²) in [7, 11) is 0. The predicted octanol–water partition coefficient (Wildman–Crippen LogP) is 2.93. The highest BCUT2D eigenvalue weighted by molar-refractivity contribution is 5.78. The molecule has 0 fully saturated rings. The molecule has 2 aromatic carbocycles. The predicted molar refractivity (Wildman–Crippen MR) is 167 cm³/mol. The number of pyridine rings is 1. The third-order valence-corrected chi connectivity index (χ3v) is 6.11. The molecule has 6 N–H and O–H groups in total. The molecule has 0 radical (unpaired) electrons. The van der Waals surface area contributed by atoms with E-state index in [0.717, 1.165) is 23.4 Å². The van der Waals surface area contributed by atoms with Crippen molar-refractivity contribution in [3.63, 3.8) is 0 Å². The Kier molecular flexibility index (Phi) is 13.1. The van der Waals surface area contributed by atoms with Crippen LogP contribution in [-0.2, 0) is 33.7 Å². The van der Waals surface area contributed by atoms with Gasteiger partial charge in [0.25, 0.3) is 0 Å². The smallest absolute Gasteiger partial charge is 0.233 e. The molecule has 4 rings (SSSR count). The number of nitrogens with two attached hydrogens (primary N) is 1. The van der Waals surface area contributed by atoms with Crippen molar-refractivity contribution >= 4 is 29.4 Å². The minimum Gasteiger partial charge on any atom is -0.378 e. The number of rotatable bonds is 19. The minimum atomic E-state index is -0.0731. The van der Waals surface area contributed by atoms with Crippen LogP contribution in [0, 0.1) is 0 Å². The van der Waals surface area contributed by atoms with Gasteiger partial charge in [0.1, 0.15) is 0 Å². The summed E-state index contributed by atoms with van der Waals surface area (Å²) < 4.78 is 10.7. The SMILES string of the molecule is NCCOCCOCCNC(=O)Cc1ccc(Nc2nc(NCCc3ccccc3)nc(NCc3ccccn3)n2)cc1. The van der Waals surface area contributed by atoms with Crippen LogP contribution in [0.1, 0.15) is 16.8 Å². The standard InChI is InChI=1S/C31H39N9O3/c32-14-18-42-20-21-43-19-17-34-28(41)22-25-9-11-26(12-10-25)37-31-39-29(35-16-13-24-6-2-1-3-7-24)38-30(40-31)36-23-27-8-4-5-15-33-27/h1-12,15H,13-14,16-23,32H2,(H,34,41)(H3,35,36,37,38,39,40). The van der Waals surface area contributed by atoms with E-state index in [9.17, 15) is 4.79 Å². The zero-order valence-electron chi connectivity index (χ0n) is 24.2. The van der Waals surface area contributed by atoms with E-state index in [4.69, 9.17) is 15.2 Å². The number of carbonyl (C=O) groups excluding carboxylic acids is 1. The Labute approximate surface area is 251 Å². The first-order valence-corrected chi connectivity index (χ1v) is 14.3. The molecule has 0 saturated heterocycles. The van der Waals surface area contributed by atoms with Gasteiger partial charge in [-0.1, -0.05) is 48.5 Å². The number of amides is 1. The Balaban J connectivity index is 1.30. The summed E-state index contributed by atoms with van der Waals surface area (Å²) in [6.45, 7) is 3.97. The molecule has 0 aliphatic heterocycles. The number of benzene rings is 2. The monoisotopic (exact) mass is 585 g/mol. The van der Waals surface area contributed by atoms with Gasteiger partial charge in [-0.05, 0) is 41.8 Å². The van der Waals surface area contributed by atoms with Gasteiger partial charge in [0.15, 0.2) is 0 Å². The van der Waals surface area contributed by atoms with E-state index in [0.29, 0.717) is 70.5 Å². The summed E-state index contributed by atoms with van der Waals surface area (Å²) in [5, 5.41) is 12.6. The summed E-state index contributed by atoms with van der Waals surface area (Å²) in [5.41, 5.74) is 9.13. The molecule has 0 bridgehead atoms. The van der Waals surface area contributed by atoms with Gasteiger partial charge in [0, 0.05) is 31.5 Å². The number of nitrogens with zero attached hydrogens (tertiary/aromatic N) is 4. The third-order valence-electron chi connectivity index (χ3n) is 6.11. The van der Waals surface area contributed by atoms with Gasteiger partial charge in [-0.15, -0.1) is 0 Å². The molecule has 226 valence electrons. The van der Waals surface area contributed by atoms with Crippen LogP contribution in [0.15, 0.2) is 79.0 Å². The molecule has 0 aliphatic carbocycles. The Morgan fingerprint density at radius 1 is 0.721 bits per heavy atom. The molecule has 12 heteroatoms. The lowest BCUT2D eigenvalue weighted by Crippen LogP contribution is -2.29. The first-order valence-electron chi connectivity index (χ1n) is 14.3. The van der Waals surface area contributed by atoms with Gasteiger partial charge in [-0.2, -0.15) is 15.0 Å². The van der Waals surface area contributed by atoms with Gasteiger partial charge >= 0.3 is 0 Å². The van der Waals surface area contributed by atoms with Gasteiger partial charge in [0.05, 0.1) is 45.1 Å². The Morgan fingerprint density at radius 3 is 2.19 bits per heavy atom. The van der Waals surface area contributed by atoms with E-state index in [2.05, 4.69) is 53.3 Å². The molecule has 12 nitrogen and oxygen atoms in total. The fourth-order valence-electron chi connectivity index (χ4n) is 3.98. The van der Waals surface area contributed by atoms with Crippen LogP contribution in [0.5, 0.6) is 0 Å². The zero-order valence-corrected chi connectivity index (χ0v) is 24.2. The van der Waals surface area contributed by atoms with Crippen LogP contribution in [0.25, 0.3) is 0 Å². The largest absolute Gasteiger partial charge is 0.378 e. The average molecular weight is 586 g/mol. The number of ether oxygens (including phenoxy) is 2. The maximum atomic E-state index is 12.3. The van der Waals surface area contributed by atoms with E-state index >= 15 is 0 Å². The molecule has 0 aliphatic rings. The number of nitrogens with one attached hydrogen (secondary N) is 4. The number of hydrogen-bond acceptors (Lipinski definition) is 11. The molecular formula is C31H39N9O3. The Bertz CT molecular complexity index is 1360. The Morgan fingerprint density at radius 2 is 1.44 bits per heavy atom. The summed E-state index contributed by atoms with van der Waals surface area (Å²) >= 11 is 0. The number of anilines is 4. The van der Waals surface area contributed by atoms with Crippen LogP contribution in [-0.4, -0.2) is 71.9 Å². The lowest BCUT2D eigenvalue weighted by atomic mass is 10.1. The lowest BCUT2D eigenvalue weighted by molar-refractivity contribution is -0.120. The second-order valence-corrected chi connectivity index (χ2v) is 9.51. The van der Waals surface area contributed by atoms with E-state index in [-0.39, 0.29) is 12.3 Å². The molecule has 0 atom stereocenters. The van der Waals surface area contributed by atoms with Gasteiger partial charge < -0.3 is 36.5 Å². The summed E-state index contributed by atoms with van der Waals surface area (Å²) in [4.78, 5) is 30.3. The average Bonchev–Trinajstić information content (AvgIpc) is 3.03. The maximum Gasteiger partial charge on any atom is 0.233 e. The van der Waals surface area contributed by atoms with E-state index in [1.54, 1.807) is 6.20 Å². The fraction of sp³-hybridized carbons (Fsp3) is 0.323. The normalized spacial score (nSPS) is 10.7. The minimum absolute atomic E-state index is 0.0731. The Hall–Kier alpha value is -4.65. The van der Waals surface area contributed by atoms with Crippen LogP contribution < -0.4 is 27.0 Å². The molecule has 2 heterocycles. The number of hydrogen-bond donors (Lipinski definition) is 5. The van der Waals surface area contributed by atoms with E-state index in [1.165, 1.54) is 5.56 Å². The van der Waals surface area contributed by atoms with E-state index in [1.807, 2.05) is 60.7 Å². The van der Waals surface area contributed by atoms with Gasteiger partial charge in [-0.3, -0.25) is 9.78 Å². The molecular weight excluding hydrogens is 546 g/mol. The highest BCUT2D eigenvalue weighted by Crippen LogP contribution is 2.17. The van der Waals surface area contributed by atoms with Crippen LogP contribution in [0.2, 0.25) is 0 Å². The van der Waals surface area contributed by atoms with Gasteiger partial charge in [-0.25, -0.2) is 0 Å². The zero-order chi connectivity index (χ0) is 30.0. The fourth-order valence-corrected chi connectivity index (χ4v) is 3.98. The second kappa shape index (κ2) is 18.0. The van der Waals surface area contributed by atoms with Crippen LogP contribution in [0.3, 0.4) is 0 Å². The molecule has 0 unspecified atom stereocenters. The molecule has 43 heavy (non-hydrogen) atoms. The highest BCUT2D eigenvalue weighted by Gasteiger charge is 2.09. The van der Waals surface area contributed by atoms with Crippen molar-refractivity contribution < 1.29 is 14.3 Å². The molecule has 0 spiro atoms. The maximum absolute atomic E-state index is 12.3. The highest BCUT2D eigenvalue weighted by atomic mass is 16.5. The third kappa shape index (κ3) is 12.0. The summed E-state index contributed by atoms with van der Waals surface area (Å²) in [5.74, 6) is 1.19. The van der Waals surface area contributed by atoms with Crippen molar-refractivity contribution in [3.8, 4) is 0 Å². The topological polar surface area (TPSA) is 161 Å². The van der Waals surface area contributed by atoms with Crippen molar-refractivity contribution in [2.45, 2.75) is 19.4 Å². The van der Waals surface area contributed by atoms with Crippen molar-refractivity contribution in [1.29, 1.82) is 0 Å². The first kappa shape index (κ1) is 31.3. The van der Waals surface area contributed by atoms with Crippen molar-refractivity contribution in [2.24, 2.45) is 5.73 Å². The van der Waals surface area contributed by atoms with E-state index < -0.39 is 0 Å². The first-order chi connectivity index (χ1) is 21.2. The molecule has 1 amide bonds. The quantitative estimate of drug-likeness (QED) is 0.103. The van der Waals surface area contributed by atoms with Crippen molar-refractivity contribution in [3.05, 3.63) is 95.8 Å². The van der Waals surface area contributed by atoms with Crippen LogP contribution >= 0.6 is 0 Å². The van der Waals surface area contributed by atoms with Crippen molar-refractivity contribution in [2.75, 3.05) is 62.0 Å². The molecule has 4 aromatic rings. The summed E-state index contributed by atoms with van der Waals surface area (Å²) in [6, 6.07) is 23.5. The van der Waals surface area contributed by atoms with Gasteiger partial charge in [0.2, 0.25) is 23.8 Å². The molecule has 0 saturated carbocycles. The lowest BCUT2D eigenvalue weighted by Gasteiger charge is -2.12. The number of carbonyl (C=O) groups is 1. The van der Waals surface area contributed by atoms with Crippen molar-refractivity contribution in [1.82, 2.24) is 25.3 Å². The molecule has 2 aromatic heterocycles. The number of aromatic nitrogens is 4.